The fraction of sp³-hybridized carbons (Fsp3) is 1.00. The molecule has 0 aromatic heterocycles. The minimum absolute atomic E-state index is 0. The van der Waals surface area contributed by atoms with E-state index >= 15 is 0 Å². The SMILES string of the molecule is COC(C)(C)C.[B+3].[F-].[F-].[F-]. The molecular formula is C5H12BF3O. The van der Waals surface area contributed by atoms with E-state index in [1.165, 1.54) is 0 Å². The Morgan fingerprint density at radius 1 is 0.900 bits per heavy atom. The first-order chi connectivity index (χ1) is 2.56. The summed E-state index contributed by atoms with van der Waals surface area (Å²) in [7, 11) is 1.71. The van der Waals surface area contributed by atoms with Gasteiger partial charge in [-0.15, -0.1) is 0 Å². The molecule has 0 N–H and O–H groups in total. The summed E-state index contributed by atoms with van der Waals surface area (Å²) in [6, 6.07) is 0. The molecule has 0 bridgehead atoms. The molecule has 0 amide bonds. The Labute approximate surface area is 61.8 Å². The van der Waals surface area contributed by atoms with Gasteiger partial charge in [0, 0.05) is 7.11 Å². The molecule has 0 heterocycles. The van der Waals surface area contributed by atoms with Gasteiger partial charge in [-0.25, -0.2) is 0 Å². The van der Waals surface area contributed by atoms with Crippen molar-refractivity contribution >= 4 is 8.41 Å². The molecular weight excluding hydrogens is 144 g/mol. The number of halogens is 3. The number of rotatable bonds is 0. The van der Waals surface area contributed by atoms with Crippen molar-refractivity contribution in [2.24, 2.45) is 0 Å². The van der Waals surface area contributed by atoms with Crippen LogP contribution >= 0.6 is 0 Å². The fourth-order valence-corrected chi connectivity index (χ4v) is 0. The topological polar surface area (TPSA) is 9.23 Å². The quantitative estimate of drug-likeness (QED) is 0.316. The van der Waals surface area contributed by atoms with Crippen LogP contribution in [0.5, 0.6) is 0 Å². The maximum absolute atomic E-state index is 4.94. The summed E-state index contributed by atoms with van der Waals surface area (Å²) in [5.41, 5.74) is 0.0417. The molecule has 10 heavy (non-hydrogen) atoms. The third kappa shape index (κ3) is 45.8. The molecule has 0 saturated carbocycles. The van der Waals surface area contributed by atoms with E-state index in [-0.39, 0.29) is 28.1 Å². The van der Waals surface area contributed by atoms with Gasteiger partial charge in [-0.05, 0) is 20.8 Å². The zero-order valence-corrected chi connectivity index (χ0v) is 6.62. The summed E-state index contributed by atoms with van der Waals surface area (Å²) in [6.07, 6.45) is 0. The van der Waals surface area contributed by atoms with Crippen molar-refractivity contribution in [3.05, 3.63) is 0 Å². The Hall–Kier alpha value is -0.185. The Balaban J connectivity index is -0.0000000208. The Morgan fingerprint density at radius 3 is 1.00 bits per heavy atom. The average molecular weight is 156 g/mol. The van der Waals surface area contributed by atoms with Gasteiger partial charge in [0.1, 0.15) is 0 Å². The van der Waals surface area contributed by atoms with Gasteiger partial charge in [0.2, 0.25) is 0 Å². The predicted molar refractivity (Wildman–Crippen MR) is 32.5 cm³/mol. The van der Waals surface area contributed by atoms with Crippen LogP contribution in [0, 0.1) is 0 Å². The standard InChI is InChI=1S/C5H12O.B.3FH/c1-5(2,3)6-4;;;;/h1-4H3;;3*1H/q;+3;;;/p-3. The first-order valence-corrected chi connectivity index (χ1v) is 2.11. The molecule has 0 aromatic carbocycles. The normalized spacial score (nSPS) is 7.20. The molecule has 1 nitrogen and oxygen atoms in total. The zero-order valence-electron chi connectivity index (χ0n) is 6.62. The molecule has 0 atom stereocenters. The molecule has 0 aromatic rings. The predicted octanol–water partition coefficient (Wildman–Crippen LogP) is -7.94. The minimum Gasteiger partial charge on any atom is -1.00 e. The Kier molecular flexibility index (Phi) is 38.1. The van der Waals surface area contributed by atoms with E-state index in [2.05, 4.69) is 0 Å². The van der Waals surface area contributed by atoms with E-state index < -0.39 is 0 Å². The van der Waals surface area contributed by atoms with E-state index in [0.29, 0.717) is 0 Å². The Bertz CT molecular complexity index is 46.6. The summed E-state index contributed by atoms with van der Waals surface area (Å²) in [5.74, 6) is 0. The monoisotopic (exact) mass is 156 g/mol. The van der Waals surface area contributed by atoms with E-state index in [0.717, 1.165) is 0 Å². The molecule has 5 heteroatoms. The van der Waals surface area contributed by atoms with Crippen LogP contribution in [0.25, 0.3) is 0 Å². The van der Waals surface area contributed by atoms with Crippen LogP contribution in [-0.2, 0) is 4.74 Å². The smallest absolute Gasteiger partial charge is 1.00 e. The number of hydrogen-bond donors (Lipinski definition) is 0. The molecule has 0 radical (unpaired) electrons. The molecule has 0 aliphatic rings. The van der Waals surface area contributed by atoms with E-state index in [1.54, 1.807) is 7.11 Å². The fourth-order valence-electron chi connectivity index (χ4n) is 0. The third-order valence-corrected chi connectivity index (χ3v) is 0.612. The van der Waals surface area contributed by atoms with Crippen molar-refractivity contribution in [2.75, 3.05) is 7.11 Å². The number of methoxy groups -OCH3 is 1. The molecule has 0 spiro atoms. The van der Waals surface area contributed by atoms with Gasteiger partial charge in [-0.1, -0.05) is 0 Å². The van der Waals surface area contributed by atoms with Gasteiger partial charge in [0.05, 0.1) is 5.60 Å². The third-order valence-electron chi connectivity index (χ3n) is 0.612. The van der Waals surface area contributed by atoms with Crippen LogP contribution in [-0.4, -0.2) is 21.1 Å². The van der Waals surface area contributed by atoms with Crippen molar-refractivity contribution in [3.8, 4) is 0 Å². The maximum Gasteiger partial charge on any atom is 3.00 e. The van der Waals surface area contributed by atoms with Gasteiger partial charge in [-0.3, -0.25) is 0 Å². The van der Waals surface area contributed by atoms with Crippen LogP contribution in [0.1, 0.15) is 20.8 Å². The van der Waals surface area contributed by atoms with Crippen molar-refractivity contribution in [1.82, 2.24) is 0 Å². The molecule has 62 valence electrons. The van der Waals surface area contributed by atoms with Crippen LogP contribution in [0.4, 0.5) is 0 Å². The Morgan fingerprint density at radius 2 is 1.00 bits per heavy atom. The molecule has 0 unspecified atom stereocenters. The van der Waals surface area contributed by atoms with Gasteiger partial charge < -0.3 is 18.9 Å². The molecule has 0 rings (SSSR count). The van der Waals surface area contributed by atoms with Gasteiger partial charge >= 0.3 is 8.41 Å². The van der Waals surface area contributed by atoms with Crippen molar-refractivity contribution < 1.29 is 18.9 Å². The van der Waals surface area contributed by atoms with Crippen molar-refractivity contribution in [2.45, 2.75) is 26.4 Å². The summed E-state index contributed by atoms with van der Waals surface area (Å²) >= 11 is 0. The minimum atomic E-state index is 0. The average Bonchev–Trinajstić information content (AvgIpc) is 1.35. The molecule has 0 aliphatic heterocycles. The summed E-state index contributed by atoms with van der Waals surface area (Å²) < 4.78 is 4.94. The van der Waals surface area contributed by atoms with Crippen molar-refractivity contribution in [3.63, 3.8) is 0 Å². The second kappa shape index (κ2) is 11.6. The molecule has 0 aliphatic carbocycles. The summed E-state index contributed by atoms with van der Waals surface area (Å²) in [4.78, 5) is 0. The summed E-state index contributed by atoms with van der Waals surface area (Å²) in [5, 5.41) is 0. The van der Waals surface area contributed by atoms with Crippen LogP contribution in [0.15, 0.2) is 0 Å². The van der Waals surface area contributed by atoms with Gasteiger partial charge in [0.25, 0.3) is 0 Å². The maximum atomic E-state index is 4.94. The second-order valence-corrected chi connectivity index (χ2v) is 2.32. The number of ether oxygens (including phenoxy) is 1. The van der Waals surface area contributed by atoms with Crippen LogP contribution < -0.4 is 14.1 Å². The zero-order chi connectivity index (χ0) is 5.21. The van der Waals surface area contributed by atoms with E-state index in [9.17, 15) is 0 Å². The van der Waals surface area contributed by atoms with Gasteiger partial charge in [-0.2, -0.15) is 0 Å². The summed E-state index contributed by atoms with van der Waals surface area (Å²) in [6.45, 7) is 6.06. The van der Waals surface area contributed by atoms with Crippen molar-refractivity contribution in [1.29, 1.82) is 0 Å². The second-order valence-electron chi connectivity index (χ2n) is 2.32. The first kappa shape index (κ1) is 32.9. The van der Waals surface area contributed by atoms with E-state index in [4.69, 9.17) is 4.74 Å². The first-order valence-electron chi connectivity index (χ1n) is 2.11. The number of hydrogen-bond acceptors (Lipinski definition) is 1. The largest absolute Gasteiger partial charge is 3.00 e. The van der Waals surface area contributed by atoms with E-state index in [1.807, 2.05) is 20.8 Å². The molecule has 0 fully saturated rings. The van der Waals surface area contributed by atoms with Gasteiger partial charge in [0.15, 0.2) is 0 Å². The molecule has 0 saturated heterocycles. The van der Waals surface area contributed by atoms with Crippen LogP contribution in [0.3, 0.4) is 0 Å². The van der Waals surface area contributed by atoms with Crippen LogP contribution in [0.2, 0.25) is 0 Å².